The molecular weight excluding hydrogens is 242 g/mol. The number of hydrogen-bond donors (Lipinski definition) is 3. The Hall–Kier alpha value is -1.39. The summed E-state index contributed by atoms with van der Waals surface area (Å²) in [7, 11) is 0. The third kappa shape index (κ3) is 5.01. The van der Waals surface area contributed by atoms with E-state index in [1.165, 1.54) is 0 Å². The SMILES string of the molecule is CC(C)(C)C(CCO)NCc1cccc(C(=O)O)c1. The number of benzene rings is 1. The molecule has 19 heavy (non-hydrogen) atoms. The van der Waals surface area contributed by atoms with Crippen LogP contribution in [0.1, 0.15) is 43.1 Å². The van der Waals surface area contributed by atoms with E-state index in [4.69, 9.17) is 10.2 Å². The lowest BCUT2D eigenvalue weighted by molar-refractivity contribution is 0.0696. The van der Waals surface area contributed by atoms with Crippen LogP contribution < -0.4 is 5.32 Å². The summed E-state index contributed by atoms with van der Waals surface area (Å²) >= 11 is 0. The Labute approximate surface area is 114 Å². The number of nitrogens with one attached hydrogen (secondary N) is 1. The molecule has 0 saturated heterocycles. The normalized spacial score (nSPS) is 13.3. The largest absolute Gasteiger partial charge is 0.478 e. The molecule has 0 aliphatic rings. The molecule has 4 heteroatoms. The van der Waals surface area contributed by atoms with Crippen LogP contribution >= 0.6 is 0 Å². The summed E-state index contributed by atoms with van der Waals surface area (Å²) < 4.78 is 0. The van der Waals surface area contributed by atoms with E-state index >= 15 is 0 Å². The van der Waals surface area contributed by atoms with Crippen molar-refractivity contribution in [3.05, 3.63) is 35.4 Å². The Morgan fingerprint density at radius 2 is 2.05 bits per heavy atom. The molecule has 0 bridgehead atoms. The number of aliphatic hydroxyl groups excluding tert-OH is 1. The highest BCUT2D eigenvalue weighted by molar-refractivity contribution is 5.87. The molecule has 1 atom stereocenters. The summed E-state index contributed by atoms with van der Waals surface area (Å²) in [4.78, 5) is 10.9. The standard InChI is InChI=1S/C15H23NO3/c1-15(2,3)13(7-8-17)16-10-11-5-4-6-12(9-11)14(18)19/h4-6,9,13,16-17H,7-8,10H2,1-3H3,(H,18,19). The summed E-state index contributed by atoms with van der Waals surface area (Å²) in [5, 5.41) is 21.4. The lowest BCUT2D eigenvalue weighted by atomic mass is 9.85. The van der Waals surface area contributed by atoms with E-state index in [1.54, 1.807) is 18.2 Å². The van der Waals surface area contributed by atoms with Crippen LogP contribution in [0.3, 0.4) is 0 Å². The molecule has 1 unspecified atom stereocenters. The van der Waals surface area contributed by atoms with E-state index in [2.05, 4.69) is 26.1 Å². The molecule has 1 aromatic carbocycles. The maximum Gasteiger partial charge on any atom is 0.335 e. The zero-order chi connectivity index (χ0) is 14.5. The molecule has 3 N–H and O–H groups in total. The first kappa shape index (κ1) is 15.7. The average Bonchev–Trinajstić information content (AvgIpc) is 2.33. The first-order valence-corrected chi connectivity index (χ1v) is 6.51. The van der Waals surface area contributed by atoms with E-state index in [9.17, 15) is 4.79 Å². The number of hydrogen-bond acceptors (Lipinski definition) is 3. The fraction of sp³-hybridized carbons (Fsp3) is 0.533. The van der Waals surface area contributed by atoms with Gasteiger partial charge in [-0.15, -0.1) is 0 Å². The van der Waals surface area contributed by atoms with Crippen molar-refractivity contribution < 1.29 is 15.0 Å². The molecular formula is C15H23NO3. The molecule has 0 fully saturated rings. The number of aliphatic hydroxyl groups is 1. The van der Waals surface area contributed by atoms with Crippen molar-refractivity contribution in [1.82, 2.24) is 5.32 Å². The first-order chi connectivity index (χ1) is 8.84. The van der Waals surface area contributed by atoms with E-state index in [0.717, 1.165) is 5.56 Å². The Bertz CT molecular complexity index is 424. The highest BCUT2D eigenvalue weighted by Gasteiger charge is 2.23. The summed E-state index contributed by atoms with van der Waals surface area (Å²) in [6, 6.07) is 7.09. The molecule has 106 valence electrons. The van der Waals surface area contributed by atoms with Crippen molar-refractivity contribution in [1.29, 1.82) is 0 Å². The van der Waals surface area contributed by atoms with Crippen LogP contribution in [-0.2, 0) is 6.54 Å². The maximum absolute atomic E-state index is 10.9. The summed E-state index contributed by atoms with van der Waals surface area (Å²) in [5.41, 5.74) is 1.29. The molecule has 0 aliphatic heterocycles. The van der Waals surface area contributed by atoms with Crippen molar-refractivity contribution >= 4 is 5.97 Å². The van der Waals surface area contributed by atoms with Crippen LogP contribution in [0, 0.1) is 5.41 Å². The molecule has 1 aromatic rings. The highest BCUT2D eigenvalue weighted by Crippen LogP contribution is 2.22. The minimum absolute atomic E-state index is 0.0487. The molecule has 4 nitrogen and oxygen atoms in total. The number of carbonyl (C=O) groups is 1. The summed E-state index contributed by atoms with van der Waals surface area (Å²) in [5.74, 6) is -0.912. The second kappa shape index (κ2) is 6.68. The third-order valence-corrected chi connectivity index (χ3v) is 3.19. The van der Waals surface area contributed by atoms with Crippen LogP contribution in [0.25, 0.3) is 0 Å². The van der Waals surface area contributed by atoms with Gasteiger partial charge in [-0.25, -0.2) is 4.79 Å². The van der Waals surface area contributed by atoms with Gasteiger partial charge in [-0.2, -0.15) is 0 Å². The monoisotopic (exact) mass is 265 g/mol. The van der Waals surface area contributed by atoms with Crippen LogP contribution in [0.5, 0.6) is 0 Å². The molecule has 0 saturated carbocycles. The van der Waals surface area contributed by atoms with Gasteiger partial charge in [0, 0.05) is 19.2 Å². The fourth-order valence-corrected chi connectivity index (χ4v) is 2.03. The van der Waals surface area contributed by atoms with Crippen molar-refractivity contribution in [2.45, 2.75) is 39.8 Å². The smallest absolute Gasteiger partial charge is 0.335 e. The molecule has 0 spiro atoms. The van der Waals surface area contributed by atoms with E-state index in [-0.39, 0.29) is 18.1 Å². The van der Waals surface area contributed by atoms with Crippen molar-refractivity contribution in [2.75, 3.05) is 6.61 Å². The van der Waals surface area contributed by atoms with Crippen molar-refractivity contribution in [3.63, 3.8) is 0 Å². The zero-order valence-electron chi connectivity index (χ0n) is 11.8. The molecule has 1 rings (SSSR count). The predicted octanol–water partition coefficient (Wildman–Crippen LogP) is 2.27. The van der Waals surface area contributed by atoms with Crippen molar-refractivity contribution in [3.8, 4) is 0 Å². The van der Waals surface area contributed by atoms with Crippen LogP contribution in [0.4, 0.5) is 0 Å². The topological polar surface area (TPSA) is 69.6 Å². The van der Waals surface area contributed by atoms with E-state index in [1.807, 2.05) is 6.07 Å². The summed E-state index contributed by atoms with van der Waals surface area (Å²) in [6.07, 6.45) is 0.683. The van der Waals surface area contributed by atoms with Gasteiger partial charge < -0.3 is 15.5 Å². The van der Waals surface area contributed by atoms with Crippen molar-refractivity contribution in [2.24, 2.45) is 5.41 Å². The Balaban J connectivity index is 2.69. The average molecular weight is 265 g/mol. The van der Waals surface area contributed by atoms with Gasteiger partial charge in [0.2, 0.25) is 0 Å². The number of carboxylic acids is 1. The van der Waals surface area contributed by atoms with Gasteiger partial charge in [0.1, 0.15) is 0 Å². The van der Waals surface area contributed by atoms with Gasteiger partial charge in [-0.3, -0.25) is 0 Å². The highest BCUT2D eigenvalue weighted by atomic mass is 16.4. The number of rotatable bonds is 6. The Morgan fingerprint density at radius 3 is 2.58 bits per heavy atom. The second-order valence-corrected chi connectivity index (χ2v) is 5.82. The van der Waals surface area contributed by atoms with E-state index in [0.29, 0.717) is 18.5 Å². The van der Waals surface area contributed by atoms with Gasteiger partial charge in [0.15, 0.2) is 0 Å². The number of aromatic carboxylic acids is 1. The van der Waals surface area contributed by atoms with Gasteiger partial charge in [-0.05, 0) is 29.5 Å². The quantitative estimate of drug-likeness (QED) is 0.738. The number of carboxylic acid groups (broad SMARTS) is 1. The van der Waals surface area contributed by atoms with Crippen LogP contribution in [-0.4, -0.2) is 28.8 Å². The predicted molar refractivity (Wildman–Crippen MR) is 75.2 cm³/mol. The molecule has 0 heterocycles. The minimum Gasteiger partial charge on any atom is -0.478 e. The maximum atomic E-state index is 10.9. The van der Waals surface area contributed by atoms with Crippen LogP contribution in [0.15, 0.2) is 24.3 Å². The van der Waals surface area contributed by atoms with Gasteiger partial charge in [-0.1, -0.05) is 32.9 Å². The van der Waals surface area contributed by atoms with E-state index < -0.39 is 5.97 Å². The lowest BCUT2D eigenvalue weighted by Gasteiger charge is -2.31. The lowest BCUT2D eigenvalue weighted by Crippen LogP contribution is -2.40. The molecule has 0 aromatic heterocycles. The first-order valence-electron chi connectivity index (χ1n) is 6.51. The second-order valence-electron chi connectivity index (χ2n) is 5.82. The molecule has 0 amide bonds. The van der Waals surface area contributed by atoms with Gasteiger partial charge >= 0.3 is 5.97 Å². The van der Waals surface area contributed by atoms with Gasteiger partial charge in [0.25, 0.3) is 0 Å². The summed E-state index contributed by atoms with van der Waals surface area (Å²) in [6.45, 7) is 7.10. The Morgan fingerprint density at radius 1 is 1.37 bits per heavy atom. The zero-order valence-corrected chi connectivity index (χ0v) is 11.8. The van der Waals surface area contributed by atoms with Gasteiger partial charge in [0.05, 0.1) is 5.56 Å². The molecule has 0 aliphatic carbocycles. The third-order valence-electron chi connectivity index (χ3n) is 3.19. The minimum atomic E-state index is -0.912. The fourth-order valence-electron chi connectivity index (χ4n) is 2.03. The van der Waals surface area contributed by atoms with Crippen LogP contribution in [0.2, 0.25) is 0 Å². The molecule has 0 radical (unpaired) electrons. The Kier molecular flexibility index (Phi) is 5.51.